The number of nitrogens with zero attached hydrogens (tertiary/aromatic N) is 3. The van der Waals surface area contributed by atoms with Crippen molar-refractivity contribution in [2.24, 2.45) is 0 Å². The van der Waals surface area contributed by atoms with Gasteiger partial charge in [0.15, 0.2) is 0 Å². The standard InChI is InChI=1S/C14H16N4O4S/c1-3-4-13-16-17-14(22-13)23-8-12(19)15-10-6-5-9(2)7-11(10)18(20)21/h5-7H,3-4,8H2,1-2H3,(H,15,19). The SMILES string of the molecule is CCCc1nnc(SCC(=O)Nc2ccc(C)cc2[N+](=O)[O-])o1. The zero-order valence-electron chi connectivity index (χ0n) is 12.7. The first-order chi connectivity index (χ1) is 11.0. The maximum absolute atomic E-state index is 11.9. The lowest BCUT2D eigenvalue weighted by atomic mass is 10.2. The van der Waals surface area contributed by atoms with Crippen LogP contribution >= 0.6 is 11.8 Å². The van der Waals surface area contributed by atoms with Crippen molar-refractivity contribution in [3.05, 3.63) is 39.8 Å². The molecule has 23 heavy (non-hydrogen) atoms. The van der Waals surface area contributed by atoms with Crippen LogP contribution in [0.4, 0.5) is 11.4 Å². The number of aromatic nitrogens is 2. The van der Waals surface area contributed by atoms with Gasteiger partial charge in [-0.15, -0.1) is 10.2 Å². The fourth-order valence-electron chi connectivity index (χ4n) is 1.82. The minimum atomic E-state index is -0.523. The minimum Gasteiger partial charge on any atom is -0.416 e. The van der Waals surface area contributed by atoms with E-state index in [-0.39, 0.29) is 23.0 Å². The fourth-order valence-corrected chi connectivity index (χ4v) is 2.40. The third-order valence-electron chi connectivity index (χ3n) is 2.86. The summed E-state index contributed by atoms with van der Waals surface area (Å²) in [6.07, 6.45) is 1.58. The smallest absolute Gasteiger partial charge is 0.293 e. The molecule has 8 nitrogen and oxygen atoms in total. The average Bonchev–Trinajstić information content (AvgIpc) is 2.95. The van der Waals surface area contributed by atoms with Crippen LogP contribution < -0.4 is 5.32 Å². The topological polar surface area (TPSA) is 111 Å². The number of thioether (sulfide) groups is 1. The summed E-state index contributed by atoms with van der Waals surface area (Å²) in [5.74, 6) is 0.181. The normalized spacial score (nSPS) is 10.5. The van der Waals surface area contributed by atoms with Gasteiger partial charge in [-0.25, -0.2) is 0 Å². The Hall–Kier alpha value is -2.42. The van der Waals surface area contributed by atoms with Gasteiger partial charge in [0.1, 0.15) is 5.69 Å². The van der Waals surface area contributed by atoms with Crippen molar-refractivity contribution in [1.29, 1.82) is 0 Å². The predicted molar refractivity (Wildman–Crippen MR) is 85.5 cm³/mol. The summed E-state index contributed by atoms with van der Waals surface area (Å²) in [7, 11) is 0. The van der Waals surface area contributed by atoms with Gasteiger partial charge in [0, 0.05) is 12.5 Å². The van der Waals surface area contributed by atoms with Crippen molar-refractivity contribution >= 4 is 29.0 Å². The van der Waals surface area contributed by atoms with Crippen molar-refractivity contribution in [1.82, 2.24) is 10.2 Å². The Morgan fingerprint density at radius 3 is 2.91 bits per heavy atom. The highest BCUT2D eigenvalue weighted by Gasteiger charge is 2.16. The number of nitrogens with one attached hydrogen (secondary N) is 1. The molecule has 1 aromatic heterocycles. The lowest BCUT2D eigenvalue weighted by Gasteiger charge is -2.05. The first kappa shape index (κ1) is 16.9. The summed E-state index contributed by atoms with van der Waals surface area (Å²) in [6, 6.07) is 4.63. The second-order valence-electron chi connectivity index (χ2n) is 4.83. The molecule has 0 unspecified atom stereocenters. The molecule has 0 atom stereocenters. The maximum atomic E-state index is 11.9. The number of hydrogen-bond acceptors (Lipinski definition) is 7. The van der Waals surface area contributed by atoms with Crippen molar-refractivity contribution in [2.75, 3.05) is 11.1 Å². The highest BCUT2D eigenvalue weighted by Crippen LogP contribution is 2.26. The van der Waals surface area contributed by atoms with Crippen LogP contribution in [0, 0.1) is 17.0 Å². The number of benzene rings is 1. The third kappa shape index (κ3) is 4.78. The lowest BCUT2D eigenvalue weighted by Crippen LogP contribution is -2.15. The van der Waals surface area contributed by atoms with E-state index in [9.17, 15) is 14.9 Å². The Kier molecular flexibility index (Phi) is 5.69. The van der Waals surface area contributed by atoms with Crippen LogP contribution in [-0.2, 0) is 11.2 Å². The highest BCUT2D eigenvalue weighted by atomic mass is 32.2. The Balaban J connectivity index is 1.95. The third-order valence-corrected chi connectivity index (χ3v) is 3.68. The maximum Gasteiger partial charge on any atom is 0.293 e. The van der Waals surface area contributed by atoms with Gasteiger partial charge in [0.2, 0.25) is 11.8 Å². The van der Waals surface area contributed by atoms with Crippen LogP contribution in [0.1, 0.15) is 24.8 Å². The fraction of sp³-hybridized carbons (Fsp3) is 0.357. The molecular formula is C14H16N4O4S. The molecule has 0 saturated heterocycles. The molecule has 0 fully saturated rings. The molecule has 1 heterocycles. The van der Waals surface area contributed by atoms with Gasteiger partial charge >= 0.3 is 0 Å². The van der Waals surface area contributed by atoms with Gasteiger partial charge in [-0.3, -0.25) is 14.9 Å². The first-order valence-electron chi connectivity index (χ1n) is 6.99. The molecule has 2 rings (SSSR count). The number of anilines is 1. The number of rotatable bonds is 7. The van der Waals surface area contributed by atoms with Gasteiger partial charge in [0.05, 0.1) is 10.7 Å². The zero-order valence-corrected chi connectivity index (χ0v) is 13.6. The molecule has 0 saturated carbocycles. The molecular weight excluding hydrogens is 320 g/mol. The molecule has 1 N–H and O–H groups in total. The van der Waals surface area contributed by atoms with E-state index in [1.54, 1.807) is 13.0 Å². The minimum absolute atomic E-state index is 0.0266. The Labute approximate surface area is 136 Å². The second-order valence-corrected chi connectivity index (χ2v) is 5.75. The summed E-state index contributed by atoms with van der Waals surface area (Å²) >= 11 is 1.09. The summed E-state index contributed by atoms with van der Waals surface area (Å²) < 4.78 is 5.35. The van der Waals surface area contributed by atoms with E-state index in [1.165, 1.54) is 12.1 Å². The molecule has 0 aliphatic heterocycles. The Bertz CT molecular complexity index is 717. The average molecular weight is 336 g/mol. The number of carbonyl (C=O) groups excluding carboxylic acids is 1. The molecule has 0 radical (unpaired) electrons. The van der Waals surface area contributed by atoms with Crippen LogP contribution in [0.3, 0.4) is 0 Å². The number of amides is 1. The van der Waals surface area contributed by atoms with E-state index in [4.69, 9.17) is 4.42 Å². The zero-order chi connectivity index (χ0) is 16.8. The summed E-state index contributed by atoms with van der Waals surface area (Å²) in [4.78, 5) is 22.4. The van der Waals surface area contributed by atoms with Crippen molar-refractivity contribution < 1.29 is 14.1 Å². The summed E-state index contributed by atoms with van der Waals surface area (Å²) in [5, 5.41) is 21.5. The largest absolute Gasteiger partial charge is 0.416 e. The van der Waals surface area contributed by atoms with Crippen LogP contribution in [0.2, 0.25) is 0 Å². The Morgan fingerprint density at radius 1 is 1.43 bits per heavy atom. The van der Waals surface area contributed by atoms with E-state index >= 15 is 0 Å². The quantitative estimate of drug-likeness (QED) is 0.470. The predicted octanol–water partition coefficient (Wildman–Crippen LogP) is 2.97. The van der Waals surface area contributed by atoms with Crippen molar-refractivity contribution in [2.45, 2.75) is 31.9 Å². The van der Waals surface area contributed by atoms with Crippen LogP contribution in [-0.4, -0.2) is 26.8 Å². The highest BCUT2D eigenvalue weighted by molar-refractivity contribution is 7.99. The summed E-state index contributed by atoms with van der Waals surface area (Å²) in [6.45, 7) is 3.75. The van der Waals surface area contributed by atoms with E-state index in [0.717, 1.165) is 23.7 Å². The molecule has 0 bridgehead atoms. The van der Waals surface area contributed by atoms with Crippen molar-refractivity contribution in [3.8, 4) is 0 Å². The first-order valence-corrected chi connectivity index (χ1v) is 7.98. The molecule has 2 aromatic rings. The lowest BCUT2D eigenvalue weighted by molar-refractivity contribution is -0.384. The van der Waals surface area contributed by atoms with Gasteiger partial charge in [-0.2, -0.15) is 0 Å². The van der Waals surface area contributed by atoms with E-state index < -0.39 is 4.92 Å². The molecule has 1 aromatic carbocycles. The molecule has 0 aliphatic rings. The van der Waals surface area contributed by atoms with Crippen LogP contribution in [0.5, 0.6) is 0 Å². The molecule has 122 valence electrons. The Morgan fingerprint density at radius 2 is 2.22 bits per heavy atom. The number of nitro groups is 1. The van der Waals surface area contributed by atoms with Gasteiger partial charge in [-0.05, 0) is 25.0 Å². The monoisotopic (exact) mass is 336 g/mol. The number of hydrogen-bond donors (Lipinski definition) is 1. The second kappa shape index (κ2) is 7.73. The number of aryl methyl sites for hydroxylation is 2. The molecule has 0 aliphatic carbocycles. The molecule has 0 spiro atoms. The van der Waals surface area contributed by atoms with E-state index in [0.29, 0.717) is 17.5 Å². The molecule has 1 amide bonds. The molecule has 9 heteroatoms. The van der Waals surface area contributed by atoms with Crippen molar-refractivity contribution in [3.63, 3.8) is 0 Å². The van der Waals surface area contributed by atoms with Gasteiger partial charge < -0.3 is 9.73 Å². The van der Waals surface area contributed by atoms with Crippen LogP contribution in [0.25, 0.3) is 0 Å². The number of carbonyl (C=O) groups is 1. The van der Waals surface area contributed by atoms with Gasteiger partial charge in [0.25, 0.3) is 10.9 Å². The van der Waals surface area contributed by atoms with E-state index in [1.807, 2.05) is 6.92 Å². The van der Waals surface area contributed by atoms with E-state index in [2.05, 4.69) is 15.5 Å². The summed E-state index contributed by atoms with van der Waals surface area (Å²) in [5.41, 5.74) is 0.785. The van der Waals surface area contributed by atoms with Crippen LogP contribution in [0.15, 0.2) is 27.8 Å². The number of nitro benzene ring substituents is 1. The van der Waals surface area contributed by atoms with Gasteiger partial charge in [-0.1, -0.05) is 24.8 Å².